The van der Waals surface area contributed by atoms with Crippen molar-refractivity contribution in [2.24, 2.45) is 0 Å². The van der Waals surface area contributed by atoms with E-state index in [9.17, 15) is 4.79 Å². The molecule has 0 aliphatic rings. The van der Waals surface area contributed by atoms with Crippen LogP contribution in [0.3, 0.4) is 0 Å². The van der Waals surface area contributed by atoms with Gasteiger partial charge in [-0.1, -0.05) is 42.1 Å². The molecule has 0 spiro atoms. The molecule has 30 heavy (non-hydrogen) atoms. The van der Waals surface area contributed by atoms with Crippen molar-refractivity contribution >= 4 is 17.7 Å². The maximum Gasteiger partial charge on any atom is 0.233 e. The van der Waals surface area contributed by atoms with E-state index in [1.165, 1.54) is 11.8 Å². The van der Waals surface area contributed by atoms with Gasteiger partial charge in [-0.05, 0) is 31.5 Å². The van der Waals surface area contributed by atoms with Crippen molar-refractivity contribution in [3.63, 3.8) is 0 Å². The average molecular weight is 426 g/mol. The summed E-state index contributed by atoms with van der Waals surface area (Å²) in [7, 11) is 1.63. The predicted molar refractivity (Wildman–Crippen MR) is 118 cm³/mol. The third-order valence-corrected chi connectivity index (χ3v) is 5.69. The SMILES string of the molecule is CCn1c(SCC(=O)N(CCOC)Cc2ccccn2)nnc1-c1ccccc1C. The zero-order valence-corrected chi connectivity index (χ0v) is 18.4. The molecular weight excluding hydrogens is 398 g/mol. The summed E-state index contributed by atoms with van der Waals surface area (Å²) in [5, 5.41) is 9.49. The van der Waals surface area contributed by atoms with Crippen molar-refractivity contribution in [3.8, 4) is 11.4 Å². The van der Waals surface area contributed by atoms with Gasteiger partial charge in [0.05, 0.1) is 24.6 Å². The summed E-state index contributed by atoms with van der Waals surface area (Å²) in [4.78, 5) is 19.0. The van der Waals surface area contributed by atoms with Crippen LogP contribution in [0.25, 0.3) is 11.4 Å². The van der Waals surface area contributed by atoms with Crippen molar-refractivity contribution in [2.45, 2.75) is 32.1 Å². The normalized spacial score (nSPS) is 10.9. The number of rotatable bonds is 10. The molecule has 0 fully saturated rings. The molecule has 1 aromatic carbocycles. The van der Waals surface area contributed by atoms with E-state index in [0.717, 1.165) is 34.3 Å². The molecule has 2 heterocycles. The molecule has 0 radical (unpaired) electrons. The van der Waals surface area contributed by atoms with Crippen molar-refractivity contribution < 1.29 is 9.53 Å². The van der Waals surface area contributed by atoms with Gasteiger partial charge in [0.25, 0.3) is 0 Å². The van der Waals surface area contributed by atoms with Gasteiger partial charge in [-0.2, -0.15) is 0 Å². The molecule has 0 aliphatic heterocycles. The first-order valence-electron chi connectivity index (χ1n) is 9.92. The molecule has 3 aromatic rings. The molecule has 158 valence electrons. The standard InChI is InChI=1S/C22H27N5O2S/c1-4-27-21(19-11-6-5-9-17(19)2)24-25-22(27)30-16-20(28)26(13-14-29-3)15-18-10-7-8-12-23-18/h5-12H,4,13-16H2,1-3H3. The van der Waals surface area contributed by atoms with E-state index in [-0.39, 0.29) is 11.7 Å². The summed E-state index contributed by atoms with van der Waals surface area (Å²) in [6.07, 6.45) is 1.74. The van der Waals surface area contributed by atoms with Crippen LogP contribution in [-0.2, 0) is 22.6 Å². The Kier molecular flexibility index (Phi) is 7.98. The summed E-state index contributed by atoms with van der Waals surface area (Å²) in [5.41, 5.74) is 3.06. The van der Waals surface area contributed by atoms with Crippen LogP contribution in [-0.4, -0.2) is 56.6 Å². The van der Waals surface area contributed by atoms with Crippen molar-refractivity contribution in [2.75, 3.05) is 26.0 Å². The molecule has 0 saturated heterocycles. The first kappa shape index (κ1) is 22.0. The van der Waals surface area contributed by atoms with Crippen LogP contribution in [0.5, 0.6) is 0 Å². The fraction of sp³-hybridized carbons (Fsp3) is 0.364. The number of nitrogens with zero attached hydrogens (tertiary/aromatic N) is 5. The second-order valence-electron chi connectivity index (χ2n) is 6.78. The largest absolute Gasteiger partial charge is 0.383 e. The topological polar surface area (TPSA) is 73.1 Å². The molecule has 0 bridgehead atoms. The zero-order valence-electron chi connectivity index (χ0n) is 17.6. The average Bonchev–Trinajstić information content (AvgIpc) is 3.18. The Balaban J connectivity index is 1.71. The molecule has 3 rings (SSSR count). The third-order valence-electron chi connectivity index (χ3n) is 4.74. The van der Waals surface area contributed by atoms with E-state index >= 15 is 0 Å². The number of hydrogen-bond acceptors (Lipinski definition) is 6. The summed E-state index contributed by atoms with van der Waals surface area (Å²) in [6, 6.07) is 13.8. The van der Waals surface area contributed by atoms with Crippen LogP contribution in [0.1, 0.15) is 18.2 Å². The fourth-order valence-corrected chi connectivity index (χ4v) is 4.01. The maximum absolute atomic E-state index is 12.9. The van der Waals surface area contributed by atoms with Crippen molar-refractivity contribution in [1.29, 1.82) is 0 Å². The minimum absolute atomic E-state index is 0.0193. The van der Waals surface area contributed by atoms with E-state index in [4.69, 9.17) is 4.74 Å². The molecule has 7 nitrogen and oxygen atoms in total. The van der Waals surface area contributed by atoms with E-state index in [1.807, 2.05) is 36.4 Å². The first-order valence-corrected chi connectivity index (χ1v) is 10.9. The zero-order chi connectivity index (χ0) is 21.3. The van der Waals surface area contributed by atoms with Crippen LogP contribution in [0.4, 0.5) is 0 Å². The number of amides is 1. The highest BCUT2D eigenvalue weighted by Crippen LogP contribution is 2.26. The molecule has 0 saturated carbocycles. The number of ether oxygens (including phenoxy) is 1. The fourth-order valence-electron chi connectivity index (χ4n) is 3.10. The number of carbonyl (C=O) groups is 1. The Labute approximate surface area is 181 Å². The maximum atomic E-state index is 12.9. The van der Waals surface area contributed by atoms with E-state index in [1.54, 1.807) is 18.2 Å². The van der Waals surface area contributed by atoms with Crippen LogP contribution < -0.4 is 0 Å². The Bertz CT molecular complexity index is 961. The quantitative estimate of drug-likeness (QED) is 0.463. The number of pyridine rings is 1. The molecule has 1 amide bonds. The molecular formula is C22H27N5O2S. The summed E-state index contributed by atoms with van der Waals surface area (Å²) in [5.74, 6) is 1.13. The summed E-state index contributed by atoms with van der Waals surface area (Å²) < 4.78 is 7.23. The Morgan fingerprint density at radius 1 is 1.17 bits per heavy atom. The van der Waals surface area contributed by atoms with Gasteiger partial charge < -0.3 is 14.2 Å². The highest BCUT2D eigenvalue weighted by Gasteiger charge is 2.19. The van der Waals surface area contributed by atoms with Crippen LogP contribution in [0.15, 0.2) is 53.8 Å². The lowest BCUT2D eigenvalue weighted by atomic mass is 10.1. The lowest BCUT2D eigenvalue weighted by Crippen LogP contribution is -2.35. The Morgan fingerprint density at radius 3 is 2.67 bits per heavy atom. The van der Waals surface area contributed by atoms with Crippen LogP contribution in [0.2, 0.25) is 0 Å². The molecule has 2 aromatic heterocycles. The van der Waals surface area contributed by atoms with Gasteiger partial charge in [0.2, 0.25) is 5.91 Å². The number of benzene rings is 1. The van der Waals surface area contributed by atoms with Gasteiger partial charge in [0.15, 0.2) is 11.0 Å². The molecule has 0 unspecified atom stereocenters. The van der Waals surface area contributed by atoms with Crippen LogP contribution in [0, 0.1) is 6.92 Å². The van der Waals surface area contributed by atoms with Crippen LogP contribution >= 0.6 is 11.8 Å². The first-order chi connectivity index (χ1) is 14.6. The van der Waals surface area contributed by atoms with E-state index in [0.29, 0.717) is 19.7 Å². The minimum atomic E-state index is 0.0193. The molecule has 8 heteroatoms. The van der Waals surface area contributed by atoms with Gasteiger partial charge in [0, 0.05) is 32.0 Å². The van der Waals surface area contributed by atoms with Crippen molar-refractivity contribution in [1.82, 2.24) is 24.6 Å². The van der Waals surface area contributed by atoms with E-state index in [2.05, 4.69) is 39.7 Å². The number of methoxy groups -OCH3 is 1. The van der Waals surface area contributed by atoms with Crippen molar-refractivity contribution in [3.05, 3.63) is 59.9 Å². The van der Waals surface area contributed by atoms with Gasteiger partial charge in [0.1, 0.15) is 0 Å². The predicted octanol–water partition coefficient (Wildman–Crippen LogP) is 3.44. The number of aromatic nitrogens is 4. The number of aryl methyl sites for hydroxylation is 1. The number of hydrogen-bond donors (Lipinski definition) is 0. The van der Waals surface area contributed by atoms with Gasteiger partial charge in [-0.3, -0.25) is 9.78 Å². The Hall–Kier alpha value is -2.71. The van der Waals surface area contributed by atoms with Gasteiger partial charge in [-0.15, -0.1) is 10.2 Å². The highest BCUT2D eigenvalue weighted by atomic mass is 32.2. The second kappa shape index (κ2) is 10.9. The number of carbonyl (C=O) groups excluding carboxylic acids is 1. The third kappa shape index (κ3) is 5.46. The second-order valence-corrected chi connectivity index (χ2v) is 7.73. The highest BCUT2D eigenvalue weighted by molar-refractivity contribution is 7.99. The molecule has 0 N–H and O–H groups in total. The molecule has 0 aliphatic carbocycles. The van der Waals surface area contributed by atoms with E-state index < -0.39 is 0 Å². The summed E-state index contributed by atoms with van der Waals surface area (Å²) in [6.45, 7) is 6.30. The van der Waals surface area contributed by atoms with Gasteiger partial charge in [-0.25, -0.2) is 0 Å². The lowest BCUT2D eigenvalue weighted by Gasteiger charge is -2.22. The summed E-state index contributed by atoms with van der Waals surface area (Å²) >= 11 is 1.41. The molecule has 0 atom stereocenters. The monoisotopic (exact) mass is 425 g/mol. The Morgan fingerprint density at radius 2 is 1.97 bits per heavy atom. The minimum Gasteiger partial charge on any atom is -0.383 e. The smallest absolute Gasteiger partial charge is 0.233 e. The van der Waals surface area contributed by atoms with Gasteiger partial charge >= 0.3 is 0 Å². The number of thioether (sulfide) groups is 1. The lowest BCUT2D eigenvalue weighted by molar-refractivity contribution is -0.129.